The van der Waals surface area contributed by atoms with E-state index in [9.17, 15) is 4.79 Å². The lowest BCUT2D eigenvalue weighted by atomic mass is 9.47. The molecule has 0 aliphatic heterocycles. The van der Waals surface area contributed by atoms with Crippen molar-refractivity contribution in [2.45, 2.75) is 164 Å². The third kappa shape index (κ3) is 6.83. The molecule has 0 saturated heterocycles. The molecule has 4 aliphatic carbocycles. The molecule has 0 aromatic rings. The minimum atomic E-state index is 0.0516. The summed E-state index contributed by atoms with van der Waals surface area (Å²) in [5.41, 5.74) is 2.52. The number of carbonyl (C=O) groups excluding carboxylic acids is 1. The summed E-state index contributed by atoms with van der Waals surface area (Å²) in [7, 11) is 0. The third-order valence-corrected chi connectivity index (χ3v) is 13.1. The van der Waals surface area contributed by atoms with Crippen molar-refractivity contribution < 1.29 is 9.53 Å². The van der Waals surface area contributed by atoms with Crippen LogP contribution in [0.25, 0.3) is 0 Å². The number of fused-ring (bicyclic) bond motifs is 5. The maximum Gasteiger partial charge on any atom is 0.306 e. The fourth-order valence-electron chi connectivity index (χ4n) is 10.1. The predicted octanol–water partition coefficient (Wildman–Crippen LogP) is 10.9. The van der Waals surface area contributed by atoms with Crippen molar-refractivity contribution in [3.63, 3.8) is 0 Å². The van der Waals surface area contributed by atoms with E-state index in [2.05, 4.69) is 54.5 Å². The second-order valence-corrected chi connectivity index (χ2v) is 15.6. The van der Waals surface area contributed by atoms with Gasteiger partial charge >= 0.3 is 5.97 Å². The summed E-state index contributed by atoms with van der Waals surface area (Å²) in [5, 5.41) is 0. The van der Waals surface area contributed by atoms with Crippen LogP contribution in [0, 0.1) is 52.3 Å². The molecule has 224 valence electrons. The number of hydrogen-bond donors (Lipinski definition) is 0. The number of allylic oxidation sites excluding steroid dienone is 1. The second-order valence-electron chi connectivity index (χ2n) is 15.6. The van der Waals surface area contributed by atoms with Crippen molar-refractivity contribution >= 4 is 5.97 Å². The molecule has 9 unspecified atom stereocenters. The average Bonchev–Trinajstić information content (AvgIpc) is 3.26. The van der Waals surface area contributed by atoms with Gasteiger partial charge in [0.25, 0.3) is 0 Å². The number of rotatable bonds is 13. The van der Waals surface area contributed by atoms with Gasteiger partial charge in [-0.15, -0.1) is 0 Å². The molecule has 3 fully saturated rings. The van der Waals surface area contributed by atoms with Gasteiger partial charge in [0.1, 0.15) is 6.10 Å². The van der Waals surface area contributed by atoms with Gasteiger partial charge in [-0.1, -0.05) is 105 Å². The van der Waals surface area contributed by atoms with E-state index in [4.69, 9.17) is 4.74 Å². The molecule has 2 heteroatoms. The van der Waals surface area contributed by atoms with Crippen LogP contribution in [0.3, 0.4) is 0 Å². The maximum atomic E-state index is 12.6. The van der Waals surface area contributed by atoms with Crippen molar-refractivity contribution in [1.29, 1.82) is 0 Å². The molecule has 0 aromatic carbocycles. The first kappa shape index (κ1) is 31.2. The van der Waals surface area contributed by atoms with Crippen molar-refractivity contribution in [2.24, 2.45) is 52.3 Å². The van der Waals surface area contributed by atoms with E-state index in [1.165, 1.54) is 83.5 Å². The van der Waals surface area contributed by atoms with Gasteiger partial charge in [-0.25, -0.2) is 0 Å². The highest BCUT2D eigenvalue weighted by molar-refractivity contribution is 5.69. The fourth-order valence-corrected chi connectivity index (χ4v) is 10.1. The second kappa shape index (κ2) is 13.5. The van der Waals surface area contributed by atoms with Crippen LogP contribution >= 0.6 is 0 Å². The molecule has 4 rings (SSSR count). The number of esters is 1. The van der Waals surface area contributed by atoms with Crippen LogP contribution in [0.4, 0.5) is 0 Å². The topological polar surface area (TPSA) is 26.3 Å². The largest absolute Gasteiger partial charge is 0.462 e. The molecule has 9 atom stereocenters. The molecular weight excluding hydrogens is 476 g/mol. The maximum absolute atomic E-state index is 12.6. The van der Waals surface area contributed by atoms with E-state index in [0.29, 0.717) is 17.3 Å². The van der Waals surface area contributed by atoms with Gasteiger partial charge in [0.2, 0.25) is 0 Å². The van der Waals surface area contributed by atoms with E-state index in [1.807, 2.05) is 0 Å². The highest BCUT2D eigenvalue weighted by Gasteiger charge is 2.59. The molecule has 0 heterocycles. The SMILES string of the molecule is CCCCCCCCC(=O)OC1CCC2(C)C(=CCC3C2CCC2(C)C(C(C)CCC(C)C(C)C)CCC32)C1. The first-order valence-electron chi connectivity index (χ1n) is 17.5. The molecule has 39 heavy (non-hydrogen) atoms. The number of unbranched alkanes of at least 4 members (excludes halogenated alkanes) is 5. The molecule has 0 amide bonds. The van der Waals surface area contributed by atoms with Crippen molar-refractivity contribution in [3.8, 4) is 0 Å². The van der Waals surface area contributed by atoms with Gasteiger partial charge in [0.15, 0.2) is 0 Å². The Morgan fingerprint density at radius 1 is 0.923 bits per heavy atom. The summed E-state index contributed by atoms with van der Waals surface area (Å²) < 4.78 is 6.05. The summed E-state index contributed by atoms with van der Waals surface area (Å²) in [6.07, 6.45) is 23.8. The lowest BCUT2D eigenvalue weighted by Gasteiger charge is -2.58. The first-order chi connectivity index (χ1) is 18.6. The molecule has 0 radical (unpaired) electrons. The van der Waals surface area contributed by atoms with Gasteiger partial charge in [-0.2, -0.15) is 0 Å². The summed E-state index contributed by atoms with van der Waals surface area (Å²) in [6, 6.07) is 0. The number of ether oxygens (including phenoxy) is 1. The Morgan fingerprint density at radius 3 is 2.41 bits per heavy atom. The van der Waals surface area contributed by atoms with Gasteiger partial charge < -0.3 is 4.74 Å². The van der Waals surface area contributed by atoms with Gasteiger partial charge in [0.05, 0.1) is 0 Å². The minimum absolute atomic E-state index is 0.0516. The van der Waals surface area contributed by atoms with E-state index in [0.717, 1.165) is 60.7 Å². The lowest BCUT2D eigenvalue weighted by Crippen LogP contribution is -2.51. The van der Waals surface area contributed by atoms with Crippen LogP contribution in [0.2, 0.25) is 0 Å². The van der Waals surface area contributed by atoms with Crippen molar-refractivity contribution in [3.05, 3.63) is 11.6 Å². The van der Waals surface area contributed by atoms with Crippen LogP contribution in [0.15, 0.2) is 11.6 Å². The van der Waals surface area contributed by atoms with Crippen LogP contribution in [0.1, 0.15) is 158 Å². The van der Waals surface area contributed by atoms with Gasteiger partial charge in [-0.05, 0) is 104 Å². The monoisotopic (exact) mass is 540 g/mol. The Labute approximate surface area is 242 Å². The summed E-state index contributed by atoms with van der Waals surface area (Å²) in [4.78, 5) is 12.6. The average molecular weight is 541 g/mol. The summed E-state index contributed by atoms with van der Waals surface area (Å²) in [6.45, 7) is 17.4. The zero-order valence-corrected chi connectivity index (χ0v) is 27.0. The normalized spacial score (nSPS) is 37.4. The quantitative estimate of drug-likeness (QED) is 0.132. The van der Waals surface area contributed by atoms with E-state index < -0.39 is 0 Å². The molecule has 0 bridgehead atoms. The molecule has 4 aliphatic rings. The summed E-state index contributed by atoms with van der Waals surface area (Å²) >= 11 is 0. The standard InChI is InChI=1S/C37H64O2/c1-8-9-10-11-12-13-14-35(38)39-30-21-23-36(6)29(25-30)17-18-31-33-20-19-32(37(33,7)24-22-34(31)36)28(5)16-15-27(4)26(2)3/h17,26-28,30-34H,8-16,18-25H2,1-7H3. The lowest BCUT2D eigenvalue weighted by molar-refractivity contribution is -0.151. The van der Waals surface area contributed by atoms with Gasteiger partial charge in [0, 0.05) is 12.8 Å². The zero-order valence-electron chi connectivity index (χ0n) is 27.0. The molecule has 3 saturated carbocycles. The summed E-state index contributed by atoms with van der Waals surface area (Å²) in [5.74, 6) is 6.11. The Kier molecular flexibility index (Phi) is 10.7. The molecule has 0 aromatic heterocycles. The van der Waals surface area contributed by atoms with Crippen LogP contribution in [-0.4, -0.2) is 12.1 Å². The van der Waals surface area contributed by atoms with Gasteiger partial charge in [-0.3, -0.25) is 4.79 Å². The van der Waals surface area contributed by atoms with Crippen LogP contribution in [-0.2, 0) is 9.53 Å². The fraction of sp³-hybridized carbons (Fsp3) is 0.919. The van der Waals surface area contributed by atoms with E-state index in [-0.39, 0.29) is 12.1 Å². The van der Waals surface area contributed by atoms with Crippen LogP contribution in [0.5, 0.6) is 0 Å². The van der Waals surface area contributed by atoms with Crippen molar-refractivity contribution in [2.75, 3.05) is 0 Å². The molecular formula is C37H64O2. The minimum Gasteiger partial charge on any atom is -0.462 e. The highest BCUT2D eigenvalue weighted by Crippen LogP contribution is 2.67. The smallest absolute Gasteiger partial charge is 0.306 e. The van der Waals surface area contributed by atoms with Crippen molar-refractivity contribution in [1.82, 2.24) is 0 Å². The Bertz CT molecular complexity index is 827. The zero-order chi connectivity index (χ0) is 28.2. The molecule has 2 nitrogen and oxygen atoms in total. The Morgan fingerprint density at radius 2 is 1.67 bits per heavy atom. The van der Waals surface area contributed by atoms with Crippen LogP contribution < -0.4 is 0 Å². The predicted molar refractivity (Wildman–Crippen MR) is 165 cm³/mol. The molecule has 0 spiro atoms. The first-order valence-corrected chi connectivity index (χ1v) is 17.5. The molecule has 0 N–H and O–H groups in total. The van der Waals surface area contributed by atoms with E-state index >= 15 is 0 Å². The Balaban J connectivity index is 1.32. The Hall–Kier alpha value is -0.790. The number of carbonyl (C=O) groups is 1. The van der Waals surface area contributed by atoms with E-state index in [1.54, 1.807) is 5.57 Å². The highest BCUT2D eigenvalue weighted by atomic mass is 16.5. The third-order valence-electron chi connectivity index (χ3n) is 13.1. The number of hydrogen-bond acceptors (Lipinski definition) is 2.